The van der Waals surface area contributed by atoms with Gasteiger partial charge in [-0.2, -0.15) is 0 Å². The summed E-state index contributed by atoms with van der Waals surface area (Å²) in [7, 11) is 1.85. The van der Waals surface area contributed by atoms with Gasteiger partial charge in [-0.15, -0.1) is 0 Å². The fraction of sp³-hybridized carbons (Fsp3) is 0.462. The van der Waals surface area contributed by atoms with Gasteiger partial charge in [0.25, 0.3) is 5.91 Å². The van der Waals surface area contributed by atoms with Crippen molar-refractivity contribution in [1.82, 2.24) is 4.90 Å². The van der Waals surface area contributed by atoms with Gasteiger partial charge in [0.15, 0.2) is 0 Å². The van der Waals surface area contributed by atoms with Gasteiger partial charge in [0.05, 0.1) is 0 Å². The van der Waals surface area contributed by atoms with E-state index in [1.165, 1.54) is 0 Å². The molecule has 0 aliphatic rings. The number of hydrogen-bond donors (Lipinski definition) is 0. The Bertz CT molecular complexity index is 376. The van der Waals surface area contributed by atoms with Crippen molar-refractivity contribution < 1.29 is 4.79 Å². The number of benzene rings is 1. The van der Waals surface area contributed by atoms with E-state index < -0.39 is 0 Å². The Morgan fingerprint density at radius 2 is 2.12 bits per heavy atom. The minimum Gasteiger partial charge on any atom is -0.342 e. The molecule has 3 heteroatoms. The first-order valence-corrected chi connectivity index (χ1v) is 6.37. The number of unbranched alkanes of at least 4 members (excludes halogenated alkanes) is 1. The molecule has 88 valence electrons. The summed E-state index contributed by atoms with van der Waals surface area (Å²) in [6.45, 7) is 4.96. The minimum absolute atomic E-state index is 0.0918. The quantitative estimate of drug-likeness (QED) is 0.826. The molecule has 0 fully saturated rings. The predicted octanol–water partition coefficient (Wildman–Crippen LogP) is 3.63. The molecule has 1 aromatic rings. The Hall–Kier alpha value is -0.830. The molecule has 1 aromatic carbocycles. The summed E-state index contributed by atoms with van der Waals surface area (Å²) in [6.07, 6.45) is 2.16. The van der Waals surface area contributed by atoms with Gasteiger partial charge in [0.1, 0.15) is 0 Å². The molecule has 0 aliphatic heterocycles. The van der Waals surface area contributed by atoms with E-state index in [1.807, 2.05) is 32.2 Å². The van der Waals surface area contributed by atoms with Crippen molar-refractivity contribution in [1.29, 1.82) is 0 Å². The van der Waals surface area contributed by atoms with Gasteiger partial charge < -0.3 is 4.90 Å². The Kier molecular flexibility index (Phi) is 5.00. The van der Waals surface area contributed by atoms with Crippen LogP contribution in [0.4, 0.5) is 0 Å². The van der Waals surface area contributed by atoms with Gasteiger partial charge in [0.2, 0.25) is 0 Å². The number of halogens is 1. The number of nitrogens with zero attached hydrogens (tertiary/aromatic N) is 1. The second kappa shape index (κ2) is 6.04. The molecule has 0 heterocycles. The topological polar surface area (TPSA) is 20.3 Å². The Morgan fingerprint density at radius 3 is 2.69 bits per heavy atom. The first-order chi connectivity index (χ1) is 7.56. The molecular formula is C13H18BrNO. The van der Waals surface area contributed by atoms with Gasteiger partial charge in [-0.05, 0) is 31.0 Å². The molecule has 1 amide bonds. The molecule has 0 aliphatic carbocycles. The van der Waals surface area contributed by atoms with Crippen LogP contribution in [0.2, 0.25) is 0 Å². The summed E-state index contributed by atoms with van der Waals surface area (Å²) in [5.74, 6) is 0.0918. The molecule has 0 spiro atoms. The maximum absolute atomic E-state index is 12.0. The van der Waals surface area contributed by atoms with Crippen molar-refractivity contribution in [3.63, 3.8) is 0 Å². The zero-order valence-electron chi connectivity index (χ0n) is 10.1. The Morgan fingerprint density at radius 1 is 1.44 bits per heavy atom. The molecule has 16 heavy (non-hydrogen) atoms. The van der Waals surface area contributed by atoms with Crippen LogP contribution in [0.25, 0.3) is 0 Å². The first-order valence-electron chi connectivity index (χ1n) is 5.58. The fourth-order valence-corrected chi connectivity index (χ4v) is 1.82. The molecule has 2 nitrogen and oxygen atoms in total. The van der Waals surface area contributed by atoms with Crippen molar-refractivity contribution in [3.05, 3.63) is 33.8 Å². The third-order valence-electron chi connectivity index (χ3n) is 2.61. The summed E-state index contributed by atoms with van der Waals surface area (Å²) < 4.78 is 0.988. The lowest BCUT2D eigenvalue weighted by molar-refractivity contribution is 0.0793. The number of rotatable bonds is 4. The van der Waals surface area contributed by atoms with Crippen LogP contribution in [0.3, 0.4) is 0 Å². The second-order valence-corrected chi connectivity index (χ2v) is 4.90. The first kappa shape index (κ1) is 13.2. The Labute approximate surface area is 106 Å². The zero-order chi connectivity index (χ0) is 12.1. The monoisotopic (exact) mass is 283 g/mol. The summed E-state index contributed by atoms with van der Waals surface area (Å²) in [5, 5.41) is 0. The summed E-state index contributed by atoms with van der Waals surface area (Å²) in [6, 6.07) is 5.73. The lowest BCUT2D eigenvalue weighted by atomic mass is 10.1. The standard InChI is InChI=1S/C13H18BrNO/c1-4-5-8-15(3)13(16)11-7-6-10(2)12(14)9-11/h6-7,9H,4-5,8H2,1-3H3. The third kappa shape index (κ3) is 3.34. The van der Waals surface area contributed by atoms with E-state index in [2.05, 4.69) is 22.9 Å². The molecule has 0 N–H and O–H groups in total. The highest BCUT2D eigenvalue weighted by Crippen LogP contribution is 2.18. The van der Waals surface area contributed by atoms with E-state index in [0.29, 0.717) is 0 Å². The zero-order valence-corrected chi connectivity index (χ0v) is 11.7. The van der Waals surface area contributed by atoms with Crippen LogP contribution in [0.1, 0.15) is 35.7 Å². The molecular weight excluding hydrogens is 266 g/mol. The summed E-state index contributed by atoms with van der Waals surface area (Å²) >= 11 is 3.45. The number of amides is 1. The van der Waals surface area contributed by atoms with E-state index in [0.717, 1.165) is 35.0 Å². The smallest absolute Gasteiger partial charge is 0.253 e. The summed E-state index contributed by atoms with van der Waals surface area (Å²) in [5.41, 5.74) is 1.89. The van der Waals surface area contributed by atoms with E-state index in [-0.39, 0.29) is 5.91 Å². The number of carbonyl (C=O) groups excluding carboxylic acids is 1. The maximum Gasteiger partial charge on any atom is 0.253 e. The van der Waals surface area contributed by atoms with Crippen LogP contribution < -0.4 is 0 Å². The minimum atomic E-state index is 0.0918. The highest BCUT2D eigenvalue weighted by atomic mass is 79.9. The average Bonchev–Trinajstić information content (AvgIpc) is 2.28. The lowest BCUT2D eigenvalue weighted by Gasteiger charge is -2.17. The molecule has 0 saturated carbocycles. The van der Waals surface area contributed by atoms with E-state index in [9.17, 15) is 4.79 Å². The van der Waals surface area contributed by atoms with Gasteiger partial charge in [-0.1, -0.05) is 35.3 Å². The molecule has 0 bridgehead atoms. The summed E-state index contributed by atoms with van der Waals surface area (Å²) in [4.78, 5) is 13.8. The van der Waals surface area contributed by atoms with Gasteiger partial charge in [0, 0.05) is 23.6 Å². The van der Waals surface area contributed by atoms with E-state index >= 15 is 0 Å². The van der Waals surface area contributed by atoms with Crippen molar-refractivity contribution in [2.24, 2.45) is 0 Å². The largest absolute Gasteiger partial charge is 0.342 e. The van der Waals surface area contributed by atoms with Crippen LogP contribution >= 0.6 is 15.9 Å². The van der Waals surface area contributed by atoms with Gasteiger partial charge in [-0.3, -0.25) is 4.79 Å². The second-order valence-electron chi connectivity index (χ2n) is 4.04. The number of aryl methyl sites for hydroxylation is 1. The highest BCUT2D eigenvalue weighted by Gasteiger charge is 2.11. The van der Waals surface area contributed by atoms with Gasteiger partial charge >= 0.3 is 0 Å². The van der Waals surface area contributed by atoms with Crippen LogP contribution in [0.5, 0.6) is 0 Å². The highest BCUT2D eigenvalue weighted by molar-refractivity contribution is 9.10. The SMILES string of the molecule is CCCCN(C)C(=O)c1ccc(C)c(Br)c1. The molecule has 0 unspecified atom stereocenters. The molecule has 0 saturated heterocycles. The average molecular weight is 284 g/mol. The van der Waals surface area contributed by atoms with Crippen molar-refractivity contribution in [2.75, 3.05) is 13.6 Å². The van der Waals surface area contributed by atoms with Crippen LogP contribution in [-0.2, 0) is 0 Å². The van der Waals surface area contributed by atoms with E-state index in [1.54, 1.807) is 4.90 Å². The normalized spacial score (nSPS) is 10.2. The fourth-order valence-electron chi connectivity index (χ4n) is 1.44. The van der Waals surface area contributed by atoms with E-state index in [4.69, 9.17) is 0 Å². The molecule has 1 rings (SSSR count). The lowest BCUT2D eigenvalue weighted by Crippen LogP contribution is -2.27. The molecule has 0 radical (unpaired) electrons. The maximum atomic E-state index is 12.0. The van der Waals surface area contributed by atoms with Crippen molar-refractivity contribution in [2.45, 2.75) is 26.7 Å². The molecule has 0 aromatic heterocycles. The van der Waals surface area contributed by atoms with Crippen LogP contribution in [-0.4, -0.2) is 24.4 Å². The predicted molar refractivity (Wildman–Crippen MR) is 70.7 cm³/mol. The van der Waals surface area contributed by atoms with Crippen LogP contribution in [0, 0.1) is 6.92 Å². The van der Waals surface area contributed by atoms with Gasteiger partial charge in [-0.25, -0.2) is 0 Å². The third-order valence-corrected chi connectivity index (χ3v) is 3.47. The van der Waals surface area contributed by atoms with Crippen molar-refractivity contribution >= 4 is 21.8 Å². The van der Waals surface area contributed by atoms with Crippen LogP contribution in [0.15, 0.2) is 22.7 Å². The molecule has 0 atom stereocenters. The Balaban J connectivity index is 2.76. The van der Waals surface area contributed by atoms with Crippen molar-refractivity contribution in [3.8, 4) is 0 Å². The number of hydrogen-bond acceptors (Lipinski definition) is 1. The number of carbonyl (C=O) groups is 1.